The number of rotatable bonds is 4. The standard InChI is InChI=1S/C22H21FN4O3S/c1-27(14-7-8-24-12-14)31(29,30)15-5-6-19-13(9-15)10-21(25-19)17-11-16-18(23)3-2-4-20(16)26-22(17)28/h2-6,9-11,14,24-25H,7-8,12H2,1H3,(H,26,28). The summed E-state index contributed by atoms with van der Waals surface area (Å²) >= 11 is 0. The Labute approximate surface area is 177 Å². The number of sulfonamides is 1. The van der Waals surface area contributed by atoms with E-state index in [-0.39, 0.29) is 22.1 Å². The maximum Gasteiger partial charge on any atom is 0.257 e. The highest BCUT2D eigenvalue weighted by Crippen LogP contribution is 2.28. The molecule has 4 aromatic rings. The van der Waals surface area contributed by atoms with Crippen molar-refractivity contribution in [1.29, 1.82) is 0 Å². The second-order valence-corrected chi connectivity index (χ2v) is 9.81. The number of halogens is 1. The number of fused-ring (bicyclic) bond motifs is 2. The van der Waals surface area contributed by atoms with Gasteiger partial charge in [-0.2, -0.15) is 4.31 Å². The molecule has 9 heteroatoms. The van der Waals surface area contributed by atoms with E-state index in [9.17, 15) is 17.6 Å². The third-order valence-corrected chi connectivity index (χ3v) is 7.85. The predicted molar refractivity (Wildman–Crippen MR) is 118 cm³/mol. The highest BCUT2D eigenvalue weighted by molar-refractivity contribution is 7.89. The molecule has 5 rings (SSSR count). The maximum atomic E-state index is 14.2. The van der Waals surface area contributed by atoms with Crippen LogP contribution in [0.1, 0.15) is 6.42 Å². The van der Waals surface area contributed by atoms with Gasteiger partial charge in [0.25, 0.3) is 5.56 Å². The molecule has 1 aliphatic heterocycles. The Kier molecular flexibility index (Phi) is 4.69. The molecule has 3 heterocycles. The van der Waals surface area contributed by atoms with Gasteiger partial charge in [-0.25, -0.2) is 12.8 Å². The minimum absolute atomic E-state index is 0.0754. The van der Waals surface area contributed by atoms with Crippen LogP contribution >= 0.6 is 0 Å². The van der Waals surface area contributed by atoms with E-state index in [0.717, 1.165) is 13.0 Å². The Balaban J connectivity index is 1.58. The number of likely N-dealkylation sites (N-methyl/N-ethyl adjacent to an activating group) is 1. The molecule has 3 N–H and O–H groups in total. The number of H-pyrrole nitrogens is 2. The molecule has 1 saturated heterocycles. The van der Waals surface area contributed by atoms with Crippen molar-refractivity contribution in [1.82, 2.24) is 19.6 Å². The van der Waals surface area contributed by atoms with Gasteiger partial charge in [0.05, 0.1) is 21.7 Å². The maximum absolute atomic E-state index is 14.2. The van der Waals surface area contributed by atoms with Crippen LogP contribution in [-0.4, -0.2) is 48.9 Å². The van der Waals surface area contributed by atoms with Crippen LogP contribution in [0.4, 0.5) is 4.39 Å². The zero-order valence-corrected chi connectivity index (χ0v) is 17.6. The van der Waals surface area contributed by atoms with E-state index in [4.69, 9.17) is 0 Å². The van der Waals surface area contributed by atoms with Crippen LogP contribution in [0.3, 0.4) is 0 Å². The summed E-state index contributed by atoms with van der Waals surface area (Å²) in [4.78, 5) is 18.6. The van der Waals surface area contributed by atoms with E-state index in [1.807, 2.05) is 0 Å². The molecule has 31 heavy (non-hydrogen) atoms. The lowest BCUT2D eigenvalue weighted by molar-refractivity contribution is 0.388. The van der Waals surface area contributed by atoms with Crippen LogP contribution in [0, 0.1) is 5.82 Å². The van der Waals surface area contributed by atoms with E-state index in [1.165, 1.54) is 22.5 Å². The third-order valence-electron chi connectivity index (χ3n) is 5.94. The molecule has 1 atom stereocenters. The van der Waals surface area contributed by atoms with Crippen molar-refractivity contribution in [2.45, 2.75) is 17.4 Å². The number of aromatic amines is 2. The van der Waals surface area contributed by atoms with E-state index in [2.05, 4.69) is 15.3 Å². The molecule has 0 amide bonds. The fraction of sp³-hybridized carbons (Fsp3) is 0.227. The number of benzene rings is 2. The highest BCUT2D eigenvalue weighted by atomic mass is 32.2. The Morgan fingerprint density at radius 1 is 1.06 bits per heavy atom. The number of nitrogens with one attached hydrogen (secondary N) is 3. The van der Waals surface area contributed by atoms with Gasteiger partial charge < -0.3 is 15.3 Å². The molecule has 7 nitrogen and oxygen atoms in total. The quantitative estimate of drug-likeness (QED) is 0.455. The molecular weight excluding hydrogens is 419 g/mol. The van der Waals surface area contributed by atoms with E-state index < -0.39 is 15.8 Å². The van der Waals surface area contributed by atoms with Gasteiger partial charge in [0, 0.05) is 35.9 Å². The summed E-state index contributed by atoms with van der Waals surface area (Å²) in [5.74, 6) is -0.427. The highest BCUT2D eigenvalue weighted by Gasteiger charge is 2.30. The third kappa shape index (κ3) is 3.34. The van der Waals surface area contributed by atoms with Gasteiger partial charge in [0.2, 0.25) is 10.0 Å². The lowest BCUT2D eigenvalue weighted by Gasteiger charge is -2.23. The van der Waals surface area contributed by atoms with E-state index in [1.54, 1.807) is 37.4 Å². The topological polar surface area (TPSA) is 98.1 Å². The fourth-order valence-electron chi connectivity index (χ4n) is 4.12. The van der Waals surface area contributed by atoms with Crippen molar-refractivity contribution in [3.8, 4) is 11.3 Å². The zero-order valence-electron chi connectivity index (χ0n) is 16.8. The number of hydrogen-bond acceptors (Lipinski definition) is 4. The number of nitrogens with zero attached hydrogens (tertiary/aromatic N) is 1. The second kappa shape index (κ2) is 7.30. The summed E-state index contributed by atoms with van der Waals surface area (Å²) in [6.45, 7) is 1.43. The minimum atomic E-state index is -3.65. The first-order valence-corrected chi connectivity index (χ1v) is 11.4. The normalized spacial score (nSPS) is 17.2. The Hall–Kier alpha value is -3.01. The number of hydrogen-bond donors (Lipinski definition) is 3. The van der Waals surface area contributed by atoms with Crippen molar-refractivity contribution < 1.29 is 12.8 Å². The van der Waals surface area contributed by atoms with Gasteiger partial charge in [-0.1, -0.05) is 6.07 Å². The van der Waals surface area contributed by atoms with Crippen molar-refractivity contribution in [3.63, 3.8) is 0 Å². The molecule has 1 fully saturated rings. The van der Waals surface area contributed by atoms with Gasteiger partial charge in [0.15, 0.2) is 0 Å². The zero-order chi connectivity index (χ0) is 21.8. The second-order valence-electron chi connectivity index (χ2n) is 7.81. The van der Waals surface area contributed by atoms with Crippen molar-refractivity contribution in [2.75, 3.05) is 20.1 Å². The van der Waals surface area contributed by atoms with Crippen LogP contribution < -0.4 is 10.9 Å². The molecule has 2 aromatic heterocycles. The van der Waals surface area contributed by atoms with Crippen LogP contribution in [0.25, 0.3) is 33.1 Å². The Bertz CT molecular complexity index is 1470. The molecule has 0 spiro atoms. The van der Waals surface area contributed by atoms with Gasteiger partial charge in [0.1, 0.15) is 5.82 Å². The molecule has 1 aliphatic rings. The van der Waals surface area contributed by atoms with Crippen LogP contribution in [0.2, 0.25) is 0 Å². The lowest BCUT2D eigenvalue weighted by atomic mass is 10.1. The number of pyridine rings is 1. The van der Waals surface area contributed by atoms with Gasteiger partial charge >= 0.3 is 0 Å². The van der Waals surface area contributed by atoms with Crippen molar-refractivity contribution in [3.05, 3.63) is 64.7 Å². The average Bonchev–Trinajstić information content (AvgIpc) is 3.42. The van der Waals surface area contributed by atoms with Crippen LogP contribution in [-0.2, 0) is 10.0 Å². The summed E-state index contributed by atoms with van der Waals surface area (Å²) in [5, 5.41) is 4.15. The first-order valence-electron chi connectivity index (χ1n) is 9.98. The number of aromatic nitrogens is 2. The molecule has 0 saturated carbocycles. The SMILES string of the molecule is CN(C1CCNC1)S(=O)(=O)c1ccc2[nH]c(-c3cc4c(F)cccc4[nH]c3=O)cc2c1. The molecule has 1 unspecified atom stereocenters. The van der Waals surface area contributed by atoms with E-state index >= 15 is 0 Å². The Morgan fingerprint density at radius 2 is 1.90 bits per heavy atom. The van der Waals surface area contributed by atoms with Gasteiger partial charge in [-0.3, -0.25) is 4.79 Å². The van der Waals surface area contributed by atoms with Crippen molar-refractivity contribution >= 4 is 31.8 Å². The van der Waals surface area contributed by atoms with Crippen molar-refractivity contribution in [2.24, 2.45) is 0 Å². The monoisotopic (exact) mass is 440 g/mol. The lowest BCUT2D eigenvalue weighted by Crippen LogP contribution is -2.38. The molecule has 0 radical (unpaired) electrons. The summed E-state index contributed by atoms with van der Waals surface area (Å²) < 4.78 is 41.8. The van der Waals surface area contributed by atoms with Gasteiger partial charge in [-0.05, 0) is 55.4 Å². The average molecular weight is 441 g/mol. The van der Waals surface area contributed by atoms with Crippen LogP contribution in [0.15, 0.2) is 58.2 Å². The molecule has 0 aliphatic carbocycles. The molecule has 0 bridgehead atoms. The first kappa shape index (κ1) is 19.9. The summed E-state index contributed by atoms with van der Waals surface area (Å²) in [6.07, 6.45) is 0.771. The molecule has 2 aromatic carbocycles. The van der Waals surface area contributed by atoms with E-state index in [0.29, 0.717) is 34.0 Å². The summed E-state index contributed by atoms with van der Waals surface area (Å²) in [5.41, 5.74) is 1.53. The summed E-state index contributed by atoms with van der Waals surface area (Å²) in [7, 11) is -2.05. The largest absolute Gasteiger partial charge is 0.354 e. The fourth-order valence-corrected chi connectivity index (χ4v) is 5.54. The first-order chi connectivity index (χ1) is 14.8. The van der Waals surface area contributed by atoms with Crippen LogP contribution in [0.5, 0.6) is 0 Å². The molecular formula is C22H21FN4O3S. The smallest absolute Gasteiger partial charge is 0.257 e. The van der Waals surface area contributed by atoms with Gasteiger partial charge in [-0.15, -0.1) is 0 Å². The minimum Gasteiger partial charge on any atom is -0.354 e. The molecule has 160 valence electrons. The predicted octanol–water partition coefficient (Wildman–Crippen LogP) is 2.80. The summed E-state index contributed by atoms with van der Waals surface area (Å²) in [6, 6.07) is 12.5. The Morgan fingerprint density at radius 3 is 2.68 bits per heavy atom.